The maximum Gasteiger partial charge on any atom is 0.317 e. The number of ketones is 1. The van der Waals surface area contributed by atoms with Crippen molar-refractivity contribution in [2.24, 2.45) is 17.8 Å². The Morgan fingerprint density at radius 3 is 2.82 bits per heavy atom. The van der Waals surface area contributed by atoms with E-state index in [1.807, 2.05) is 0 Å². The van der Waals surface area contributed by atoms with Gasteiger partial charge >= 0.3 is 5.97 Å². The molecule has 3 nitrogen and oxygen atoms in total. The fraction of sp³-hybridized carbons (Fsp3) is 0.684. The van der Waals surface area contributed by atoms with Crippen molar-refractivity contribution in [1.29, 1.82) is 0 Å². The Labute approximate surface area is 133 Å². The lowest BCUT2D eigenvalue weighted by Gasteiger charge is -2.26. The van der Waals surface area contributed by atoms with Crippen LogP contribution in [0.4, 0.5) is 0 Å². The highest BCUT2D eigenvalue weighted by Gasteiger charge is 2.50. The zero-order valence-corrected chi connectivity index (χ0v) is 14.2. The number of fused-ring (bicyclic) bond motifs is 2. The molecule has 0 radical (unpaired) electrons. The number of esters is 1. The minimum absolute atomic E-state index is 0.0343. The molecule has 0 spiro atoms. The fourth-order valence-electron chi connectivity index (χ4n) is 3.74. The molecule has 1 aliphatic carbocycles. The minimum atomic E-state index is -0.536. The van der Waals surface area contributed by atoms with E-state index in [9.17, 15) is 9.59 Å². The van der Waals surface area contributed by atoms with Crippen LogP contribution in [0.1, 0.15) is 59.8 Å². The number of hydrogen-bond acceptors (Lipinski definition) is 3. The first-order valence-electron chi connectivity index (χ1n) is 8.42. The Hall–Kier alpha value is -1.38. The van der Waals surface area contributed by atoms with Crippen LogP contribution in [0.25, 0.3) is 0 Å². The first kappa shape index (κ1) is 17.0. The number of rotatable bonds is 4. The van der Waals surface area contributed by atoms with Gasteiger partial charge in [0.2, 0.25) is 0 Å². The van der Waals surface area contributed by atoms with Crippen LogP contribution in [0.15, 0.2) is 23.3 Å². The third kappa shape index (κ3) is 3.88. The van der Waals surface area contributed by atoms with E-state index in [0.717, 1.165) is 25.7 Å². The van der Waals surface area contributed by atoms with Crippen molar-refractivity contribution in [3.63, 3.8) is 0 Å². The summed E-state index contributed by atoms with van der Waals surface area (Å²) in [5.41, 5.74) is 2.54. The van der Waals surface area contributed by atoms with Crippen molar-refractivity contribution in [3.05, 3.63) is 23.3 Å². The zero-order chi connectivity index (χ0) is 16.3. The molecule has 3 heteroatoms. The average molecular weight is 304 g/mol. The van der Waals surface area contributed by atoms with Crippen LogP contribution in [0, 0.1) is 17.8 Å². The number of carbonyl (C=O) groups excluding carboxylic acids is 2. The third-order valence-corrected chi connectivity index (χ3v) is 4.92. The second-order valence-electron chi connectivity index (χ2n) is 7.13. The van der Waals surface area contributed by atoms with Crippen molar-refractivity contribution in [1.82, 2.24) is 0 Å². The summed E-state index contributed by atoms with van der Waals surface area (Å²) in [6.07, 6.45) is 8.19. The van der Waals surface area contributed by atoms with Crippen LogP contribution >= 0.6 is 0 Å². The highest BCUT2D eigenvalue weighted by atomic mass is 16.6. The van der Waals surface area contributed by atoms with Gasteiger partial charge in [-0.05, 0) is 46.0 Å². The van der Waals surface area contributed by atoms with Gasteiger partial charge in [-0.15, -0.1) is 0 Å². The van der Waals surface area contributed by atoms with Crippen molar-refractivity contribution >= 4 is 11.8 Å². The maximum absolute atomic E-state index is 12.4. The largest absolute Gasteiger partial charge is 0.461 e. The van der Waals surface area contributed by atoms with Gasteiger partial charge in [0.25, 0.3) is 0 Å². The average Bonchev–Trinajstić information content (AvgIpc) is 2.75. The van der Waals surface area contributed by atoms with Gasteiger partial charge in [0.15, 0.2) is 0 Å². The Morgan fingerprint density at radius 1 is 1.41 bits per heavy atom. The number of ether oxygens (including phenoxy) is 1. The molecule has 0 aromatic carbocycles. The molecule has 22 heavy (non-hydrogen) atoms. The van der Waals surface area contributed by atoms with Gasteiger partial charge in [-0.1, -0.05) is 30.2 Å². The molecule has 0 N–H and O–H groups in total. The maximum atomic E-state index is 12.4. The highest BCUT2D eigenvalue weighted by molar-refractivity contribution is 6.00. The monoisotopic (exact) mass is 304 g/mol. The van der Waals surface area contributed by atoms with Gasteiger partial charge in [-0.3, -0.25) is 9.59 Å². The lowest BCUT2D eigenvalue weighted by Crippen LogP contribution is -2.32. The Kier molecular flexibility index (Phi) is 5.60. The second-order valence-corrected chi connectivity index (χ2v) is 7.13. The summed E-state index contributed by atoms with van der Waals surface area (Å²) in [5.74, 6) is -0.411. The summed E-state index contributed by atoms with van der Waals surface area (Å²) in [6.45, 7) is 8.43. The summed E-state index contributed by atoms with van der Waals surface area (Å²) in [6, 6.07) is 0. The van der Waals surface area contributed by atoms with E-state index in [2.05, 4.69) is 39.8 Å². The lowest BCUT2D eigenvalue weighted by atomic mass is 9.75. The summed E-state index contributed by atoms with van der Waals surface area (Å²) in [7, 11) is 0. The number of carbonyl (C=O) groups is 2. The molecule has 1 unspecified atom stereocenters. The van der Waals surface area contributed by atoms with E-state index < -0.39 is 5.92 Å². The molecule has 2 rings (SSSR count). The Balaban J connectivity index is 2.19. The second kappa shape index (κ2) is 7.26. The molecule has 2 aliphatic rings. The summed E-state index contributed by atoms with van der Waals surface area (Å²) in [4.78, 5) is 24.7. The summed E-state index contributed by atoms with van der Waals surface area (Å²) >= 11 is 0. The Morgan fingerprint density at radius 2 is 2.14 bits per heavy atom. The molecule has 0 saturated carbocycles. The van der Waals surface area contributed by atoms with Crippen molar-refractivity contribution < 1.29 is 14.3 Å². The summed E-state index contributed by atoms with van der Waals surface area (Å²) < 4.78 is 5.59. The Bertz CT molecular complexity index is 497. The molecule has 1 saturated heterocycles. The lowest BCUT2D eigenvalue weighted by molar-refractivity contribution is -0.146. The number of hydrogen-bond donors (Lipinski definition) is 0. The first-order valence-corrected chi connectivity index (χ1v) is 8.42. The van der Waals surface area contributed by atoms with Crippen molar-refractivity contribution in [2.75, 3.05) is 0 Å². The van der Waals surface area contributed by atoms with Crippen molar-refractivity contribution in [2.45, 2.75) is 65.9 Å². The minimum Gasteiger partial charge on any atom is -0.461 e. The number of Topliss-reactive ketones (excluding diaryl/α,β-unsaturated/α-hetero) is 1. The smallest absolute Gasteiger partial charge is 0.317 e. The van der Waals surface area contributed by atoms with Crippen LogP contribution in [0.5, 0.6) is 0 Å². The zero-order valence-electron chi connectivity index (χ0n) is 14.2. The van der Waals surface area contributed by atoms with E-state index in [0.29, 0.717) is 12.3 Å². The van der Waals surface area contributed by atoms with Crippen LogP contribution < -0.4 is 0 Å². The molecular formula is C19H28O3. The van der Waals surface area contributed by atoms with Crippen LogP contribution in [0.3, 0.4) is 0 Å². The normalized spacial score (nSPS) is 32.2. The van der Waals surface area contributed by atoms with E-state index >= 15 is 0 Å². The topological polar surface area (TPSA) is 43.4 Å². The van der Waals surface area contributed by atoms with Gasteiger partial charge < -0.3 is 4.74 Å². The molecule has 2 bridgehead atoms. The van der Waals surface area contributed by atoms with E-state index in [1.165, 1.54) is 11.1 Å². The van der Waals surface area contributed by atoms with Gasteiger partial charge in [0.05, 0.1) is 0 Å². The predicted octanol–water partition coefficient (Wildman–Crippen LogP) is 4.23. The van der Waals surface area contributed by atoms with Gasteiger partial charge in [-0.25, -0.2) is 0 Å². The molecule has 0 aromatic rings. The highest BCUT2D eigenvalue weighted by Crippen LogP contribution is 2.41. The van der Waals surface area contributed by atoms with Crippen molar-refractivity contribution in [3.8, 4) is 0 Å². The third-order valence-electron chi connectivity index (χ3n) is 4.92. The van der Waals surface area contributed by atoms with E-state index in [4.69, 9.17) is 4.74 Å². The number of allylic oxidation sites excluding steroid dienone is 3. The predicted molar refractivity (Wildman–Crippen MR) is 87.3 cm³/mol. The summed E-state index contributed by atoms with van der Waals surface area (Å²) in [5, 5.41) is 0. The molecule has 1 fully saturated rings. The SMILES string of the molecule is CC(C)=CCCC(C)[C@H]1[C@@H]2C(=O)CC/C=C(\C)C[C@H]1OC2=O. The molecule has 122 valence electrons. The van der Waals surface area contributed by atoms with Gasteiger partial charge in [0.1, 0.15) is 17.8 Å². The molecule has 0 aromatic heterocycles. The molecule has 0 amide bonds. The molecular weight excluding hydrogens is 276 g/mol. The standard InChI is InChI=1S/C19H28O3/c1-12(2)7-5-9-14(4)17-16-11-13(3)8-6-10-15(20)18(17)19(21)22-16/h7-8,14,16-18H,5-6,9-11H2,1-4H3/b13-8+/t14?,16-,17-,18+/m1/s1. The van der Waals surface area contributed by atoms with E-state index in [-0.39, 0.29) is 23.8 Å². The van der Waals surface area contributed by atoms with Crippen LogP contribution in [-0.2, 0) is 14.3 Å². The van der Waals surface area contributed by atoms with Gasteiger partial charge in [0, 0.05) is 18.8 Å². The fourth-order valence-corrected chi connectivity index (χ4v) is 3.74. The van der Waals surface area contributed by atoms with Crippen LogP contribution in [0.2, 0.25) is 0 Å². The van der Waals surface area contributed by atoms with Gasteiger partial charge in [-0.2, -0.15) is 0 Å². The quantitative estimate of drug-likeness (QED) is 0.443. The first-order chi connectivity index (χ1) is 10.4. The molecule has 1 aliphatic heterocycles. The molecule has 1 heterocycles. The van der Waals surface area contributed by atoms with Crippen LogP contribution in [-0.4, -0.2) is 17.9 Å². The van der Waals surface area contributed by atoms with E-state index in [1.54, 1.807) is 0 Å². The molecule has 4 atom stereocenters.